The van der Waals surface area contributed by atoms with Gasteiger partial charge in [0, 0.05) is 6.08 Å². The van der Waals surface area contributed by atoms with E-state index < -0.39 is 8.32 Å². The Bertz CT molecular complexity index is 562. The average molecular weight is 365 g/mol. The second-order valence-corrected chi connectivity index (χ2v) is 13.2. The van der Waals surface area contributed by atoms with E-state index in [0.717, 1.165) is 24.8 Å². The van der Waals surface area contributed by atoms with Crippen LogP contribution in [0.1, 0.15) is 60.8 Å². The molecule has 1 rings (SSSR count). The number of hydrogen-bond donors (Lipinski definition) is 0. The fourth-order valence-corrected chi connectivity index (χ4v) is 4.00. The molecule has 0 N–H and O–H groups in total. The zero-order chi connectivity index (χ0) is 19.3. The minimum Gasteiger partial charge on any atom is -0.463 e. The van der Waals surface area contributed by atoms with E-state index in [1.165, 1.54) is 11.1 Å². The van der Waals surface area contributed by atoms with E-state index in [9.17, 15) is 4.79 Å². The molecule has 4 heteroatoms. The summed E-state index contributed by atoms with van der Waals surface area (Å²) in [6, 6.07) is 0. The topological polar surface area (TPSA) is 35.5 Å². The van der Waals surface area contributed by atoms with Crippen molar-refractivity contribution >= 4 is 14.3 Å². The van der Waals surface area contributed by atoms with Gasteiger partial charge in [-0.15, -0.1) is 0 Å². The van der Waals surface area contributed by atoms with Gasteiger partial charge in [-0.1, -0.05) is 32.9 Å². The van der Waals surface area contributed by atoms with Gasteiger partial charge in [-0.3, -0.25) is 0 Å². The molecule has 0 fully saturated rings. The Morgan fingerprint density at radius 3 is 2.52 bits per heavy atom. The molecule has 0 spiro atoms. The number of esters is 1. The predicted octanol–water partition coefficient (Wildman–Crippen LogP) is 5.94. The van der Waals surface area contributed by atoms with Crippen molar-refractivity contribution in [1.29, 1.82) is 0 Å². The second kappa shape index (κ2) is 8.99. The van der Waals surface area contributed by atoms with Crippen LogP contribution in [0.2, 0.25) is 18.1 Å². The van der Waals surface area contributed by atoms with Gasteiger partial charge in [-0.25, -0.2) is 4.79 Å². The first-order valence-electron chi connectivity index (χ1n) is 9.38. The summed E-state index contributed by atoms with van der Waals surface area (Å²) in [5.41, 5.74) is 3.59. The SMILES string of the molecule is CCOC(=O)/C=C(C)\C=C\C1=C(C)C(O[Si](C)(C)C(C)(C)C)CCC1. The van der Waals surface area contributed by atoms with Gasteiger partial charge in [0.15, 0.2) is 8.32 Å². The first kappa shape index (κ1) is 21.9. The number of carbonyl (C=O) groups excluding carboxylic acids is 1. The maximum Gasteiger partial charge on any atom is 0.330 e. The second-order valence-electron chi connectivity index (χ2n) is 8.44. The molecule has 1 atom stereocenters. The van der Waals surface area contributed by atoms with Crippen LogP contribution < -0.4 is 0 Å². The zero-order valence-electron chi connectivity index (χ0n) is 17.4. The summed E-state index contributed by atoms with van der Waals surface area (Å²) in [6.45, 7) is 17.8. The van der Waals surface area contributed by atoms with Crippen LogP contribution in [0.4, 0.5) is 0 Å². The minimum atomic E-state index is -1.77. The molecular weight excluding hydrogens is 328 g/mol. The highest BCUT2D eigenvalue weighted by Crippen LogP contribution is 2.40. The lowest BCUT2D eigenvalue weighted by Crippen LogP contribution is -2.44. The normalized spacial score (nSPS) is 20.3. The van der Waals surface area contributed by atoms with Crippen molar-refractivity contribution < 1.29 is 14.0 Å². The van der Waals surface area contributed by atoms with Crippen LogP contribution >= 0.6 is 0 Å². The van der Waals surface area contributed by atoms with Crippen molar-refractivity contribution in [3.05, 3.63) is 34.9 Å². The number of rotatable bonds is 6. The molecule has 0 amide bonds. The summed E-state index contributed by atoms with van der Waals surface area (Å²) in [6.07, 6.45) is 9.24. The lowest BCUT2D eigenvalue weighted by atomic mass is 9.90. The molecular formula is C21H36O3Si. The highest BCUT2D eigenvalue weighted by atomic mass is 28.4. The monoisotopic (exact) mass is 364 g/mol. The van der Waals surface area contributed by atoms with Crippen LogP contribution in [0, 0.1) is 0 Å². The van der Waals surface area contributed by atoms with Crippen LogP contribution in [-0.4, -0.2) is 27.0 Å². The number of carbonyl (C=O) groups is 1. The summed E-state index contributed by atoms with van der Waals surface area (Å²) >= 11 is 0. The van der Waals surface area contributed by atoms with E-state index >= 15 is 0 Å². The number of ether oxygens (including phenoxy) is 1. The van der Waals surface area contributed by atoms with Gasteiger partial charge in [0.2, 0.25) is 0 Å². The molecule has 0 heterocycles. The van der Waals surface area contributed by atoms with Crippen LogP contribution in [0.3, 0.4) is 0 Å². The largest absolute Gasteiger partial charge is 0.463 e. The predicted molar refractivity (Wildman–Crippen MR) is 108 cm³/mol. The van der Waals surface area contributed by atoms with Crippen LogP contribution in [-0.2, 0) is 14.0 Å². The molecule has 0 aromatic carbocycles. The van der Waals surface area contributed by atoms with Crippen LogP contribution in [0.15, 0.2) is 34.9 Å². The van der Waals surface area contributed by atoms with Crippen molar-refractivity contribution in [3.63, 3.8) is 0 Å². The lowest BCUT2D eigenvalue weighted by Gasteiger charge is -2.41. The Morgan fingerprint density at radius 2 is 1.96 bits per heavy atom. The molecule has 0 saturated carbocycles. The van der Waals surface area contributed by atoms with E-state index in [2.05, 4.69) is 46.9 Å². The lowest BCUT2D eigenvalue weighted by molar-refractivity contribution is -0.137. The molecule has 1 aliphatic carbocycles. The number of hydrogen-bond acceptors (Lipinski definition) is 3. The fraction of sp³-hybridized carbons (Fsp3) is 0.667. The highest BCUT2D eigenvalue weighted by molar-refractivity contribution is 6.74. The van der Waals surface area contributed by atoms with E-state index in [-0.39, 0.29) is 17.1 Å². The average Bonchev–Trinajstić information content (AvgIpc) is 2.47. The summed E-state index contributed by atoms with van der Waals surface area (Å²) in [5, 5.41) is 0.222. The molecule has 0 aliphatic heterocycles. The third-order valence-corrected chi connectivity index (χ3v) is 9.81. The van der Waals surface area contributed by atoms with Gasteiger partial charge < -0.3 is 9.16 Å². The Hall–Kier alpha value is -1.13. The van der Waals surface area contributed by atoms with Gasteiger partial charge in [-0.2, -0.15) is 0 Å². The molecule has 142 valence electrons. The minimum absolute atomic E-state index is 0.222. The Balaban J connectivity index is 2.89. The standard InChI is InChI=1S/C21H36O3Si/c1-9-23-20(22)15-16(2)13-14-18-11-10-12-19(17(18)3)24-25(7,8)21(4,5)6/h13-15,19H,9-12H2,1-8H3/b14-13+,16-15-. The van der Waals surface area contributed by atoms with Gasteiger partial charge in [0.25, 0.3) is 0 Å². The number of allylic oxidation sites excluding steroid dienone is 4. The summed E-state index contributed by atoms with van der Waals surface area (Å²) in [5.74, 6) is -0.280. The van der Waals surface area contributed by atoms with Gasteiger partial charge in [-0.05, 0) is 74.9 Å². The molecule has 0 aromatic heterocycles. The third-order valence-electron chi connectivity index (χ3n) is 5.32. The van der Waals surface area contributed by atoms with Crippen molar-refractivity contribution in [2.75, 3.05) is 6.61 Å². The summed E-state index contributed by atoms with van der Waals surface area (Å²) in [7, 11) is -1.77. The van der Waals surface area contributed by atoms with Crippen molar-refractivity contribution in [2.45, 2.75) is 85.0 Å². The van der Waals surface area contributed by atoms with E-state index in [4.69, 9.17) is 9.16 Å². The zero-order valence-corrected chi connectivity index (χ0v) is 18.4. The quantitative estimate of drug-likeness (QED) is 0.253. The maximum absolute atomic E-state index is 11.5. The van der Waals surface area contributed by atoms with Crippen molar-refractivity contribution in [2.24, 2.45) is 0 Å². The van der Waals surface area contributed by atoms with E-state index in [1.807, 2.05) is 19.9 Å². The van der Waals surface area contributed by atoms with E-state index in [1.54, 1.807) is 6.08 Å². The fourth-order valence-electron chi connectivity index (χ4n) is 2.64. The summed E-state index contributed by atoms with van der Waals surface area (Å²) in [4.78, 5) is 11.5. The first-order valence-corrected chi connectivity index (χ1v) is 12.3. The van der Waals surface area contributed by atoms with Gasteiger partial charge >= 0.3 is 5.97 Å². The van der Waals surface area contributed by atoms with E-state index in [0.29, 0.717) is 6.61 Å². The van der Waals surface area contributed by atoms with Crippen LogP contribution in [0.25, 0.3) is 0 Å². The van der Waals surface area contributed by atoms with Gasteiger partial charge in [0.1, 0.15) is 0 Å². The molecule has 0 aromatic rings. The Labute approximate surface area is 155 Å². The molecule has 3 nitrogen and oxygen atoms in total. The molecule has 25 heavy (non-hydrogen) atoms. The Kier molecular flexibility index (Phi) is 7.88. The van der Waals surface area contributed by atoms with Crippen LogP contribution in [0.5, 0.6) is 0 Å². The smallest absolute Gasteiger partial charge is 0.330 e. The van der Waals surface area contributed by atoms with Gasteiger partial charge in [0.05, 0.1) is 12.7 Å². The molecule has 1 aliphatic rings. The third kappa shape index (κ3) is 6.59. The Morgan fingerprint density at radius 1 is 1.32 bits per heavy atom. The first-order chi connectivity index (χ1) is 11.5. The molecule has 0 bridgehead atoms. The highest BCUT2D eigenvalue weighted by Gasteiger charge is 2.39. The molecule has 1 unspecified atom stereocenters. The van der Waals surface area contributed by atoms with Crippen molar-refractivity contribution in [1.82, 2.24) is 0 Å². The molecule has 0 radical (unpaired) electrons. The van der Waals surface area contributed by atoms with Crippen molar-refractivity contribution in [3.8, 4) is 0 Å². The molecule has 0 saturated heterocycles. The summed E-state index contributed by atoms with van der Waals surface area (Å²) < 4.78 is 11.6. The maximum atomic E-state index is 11.5.